The molecule has 1 saturated heterocycles. The first-order valence-corrected chi connectivity index (χ1v) is 14.7. The number of imide groups is 1. The van der Waals surface area contributed by atoms with E-state index in [1.807, 2.05) is 6.07 Å². The summed E-state index contributed by atoms with van der Waals surface area (Å²) >= 11 is 0. The van der Waals surface area contributed by atoms with Crippen molar-refractivity contribution >= 4 is 11.8 Å². The number of nitrogens with zero attached hydrogens (tertiary/aromatic N) is 2. The minimum absolute atomic E-state index is 0.120. The van der Waals surface area contributed by atoms with Crippen LogP contribution in [0, 0.1) is 5.92 Å². The minimum Gasteiger partial charge on any atom is -0.493 e. The monoisotopic (exact) mass is 534 g/mol. The highest BCUT2D eigenvalue weighted by Crippen LogP contribution is 2.36. The normalized spacial score (nSPS) is 18.4. The standard InChI is InChI=1S/C32H42N2O5/c1-3-27(25-10-12-28-26(20-25)15-17-38-28)33(21-23-7-5-4-6-8-23)22-24-9-11-29(30(19-24)37-2)39-18-16-34-31(35)13-14-32(34)36/h9-12,19-20,23,27H,3-8,13-18,21-22H2,1-2H3. The van der Waals surface area contributed by atoms with Gasteiger partial charge < -0.3 is 14.2 Å². The summed E-state index contributed by atoms with van der Waals surface area (Å²) in [6.07, 6.45) is 9.27. The fourth-order valence-electron chi connectivity index (χ4n) is 6.41. The number of carbonyl (C=O) groups is 2. The number of hydrogen-bond donors (Lipinski definition) is 0. The summed E-state index contributed by atoms with van der Waals surface area (Å²) in [5.74, 6) is 2.82. The molecule has 3 aliphatic rings. The highest BCUT2D eigenvalue weighted by atomic mass is 16.5. The van der Waals surface area contributed by atoms with Gasteiger partial charge in [0.05, 0.1) is 20.3 Å². The van der Waals surface area contributed by atoms with Crippen molar-refractivity contribution in [3.05, 3.63) is 53.1 Å². The molecular formula is C32H42N2O5. The van der Waals surface area contributed by atoms with Gasteiger partial charge in [-0.3, -0.25) is 19.4 Å². The Labute approximate surface area is 232 Å². The van der Waals surface area contributed by atoms with E-state index in [1.165, 1.54) is 53.7 Å². The average Bonchev–Trinajstić information content (AvgIpc) is 3.56. The molecule has 7 heteroatoms. The first-order chi connectivity index (χ1) is 19.1. The quantitative estimate of drug-likeness (QED) is 0.326. The lowest BCUT2D eigenvalue weighted by Gasteiger charge is -2.36. The number of hydrogen-bond acceptors (Lipinski definition) is 6. The maximum Gasteiger partial charge on any atom is 0.229 e. The van der Waals surface area contributed by atoms with Crippen LogP contribution in [0.3, 0.4) is 0 Å². The van der Waals surface area contributed by atoms with Crippen LogP contribution in [0.1, 0.15) is 81.0 Å². The summed E-state index contributed by atoms with van der Waals surface area (Å²) in [6, 6.07) is 13.2. The van der Waals surface area contributed by atoms with E-state index in [4.69, 9.17) is 14.2 Å². The summed E-state index contributed by atoms with van der Waals surface area (Å²) in [6.45, 7) is 5.50. The highest BCUT2D eigenvalue weighted by Gasteiger charge is 2.29. The van der Waals surface area contributed by atoms with E-state index < -0.39 is 0 Å². The van der Waals surface area contributed by atoms with Gasteiger partial charge in [0.1, 0.15) is 12.4 Å². The number of rotatable bonds is 12. The first-order valence-electron chi connectivity index (χ1n) is 14.7. The van der Waals surface area contributed by atoms with Crippen LogP contribution in [-0.4, -0.2) is 55.0 Å². The summed E-state index contributed by atoms with van der Waals surface area (Å²) in [5, 5.41) is 0. The number of fused-ring (bicyclic) bond motifs is 1. The molecule has 2 amide bonds. The van der Waals surface area contributed by atoms with E-state index in [0.717, 1.165) is 44.2 Å². The molecule has 1 atom stereocenters. The predicted octanol–water partition coefficient (Wildman–Crippen LogP) is 5.69. The molecule has 210 valence electrons. The number of carbonyl (C=O) groups excluding carboxylic acids is 2. The molecule has 0 bridgehead atoms. The van der Waals surface area contributed by atoms with Crippen LogP contribution in [0.5, 0.6) is 17.2 Å². The molecule has 2 aromatic carbocycles. The summed E-state index contributed by atoms with van der Waals surface area (Å²) < 4.78 is 17.4. The molecule has 0 radical (unpaired) electrons. The lowest BCUT2D eigenvalue weighted by molar-refractivity contribution is -0.138. The molecule has 7 nitrogen and oxygen atoms in total. The van der Waals surface area contributed by atoms with E-state index in [-0.39, 0.29) is 25.0 Å². The van der Waals surface area contributed by atoms with Gasteiger partial charge in [-0.15, -0.1) is 0 Å². The van der Waals surface area contributed by atoms with Crippen LogP contribution >= 0.6 is 0 Å². The first kappa shape index (κ1) is 27.5. The van der Waals surface area contributed by atoms with Crippen LogP contribution in [-0.2, 0) is 22.6 Å². The van der Waals surface area contributed by atoms with E-state index >= 15 is 0 Å². The van der Waals surface area contributed by atoms with Gasteiger partial charge in [-0.2, -0.15) is 0 Å². The van der Waals surface area contributed by atoms with Gasteiger partial charge >= 0.3 is 0 Å². The van der Waals surface area contributed by atoms with Gasteiger partial charge in [0.15, 0.2) is 11.5 Å². The van der Waals surface area contributed by atoms with Crippen LogP contribution in [0.2, 0.25) is 0 Å². The Morgan fingerprint density at radius 1 is 1.00 bits per heavy atom. The van der Waals surface area contributed by atoms with E-state index in [9.17, 15) is 9.59 Å². The third kappa shape index (κ3) is 6.57. The SMILES string of the molecule is CCC(c1ccc2c(c1)CCO2)N(Cc1ccc(OCCN2C(=O)CCC2=O)c(OC)c1)CC1CCCCC1. The van der Waals surface area contributed by atoms with Crippen molar-refractivity contribution in [2.75, 3.05) is 33.4 Å². The molecule has 2 aliphatic heterocycles. The molecule has 2 fully saturated rings. The van der Waals surface area contributed by atoms with Crippen molar-refractivity contribution < 1.29 is 23.8 Å². The van der Waals surface area contributed by atoms with Crippen LogP contribution in [0.4, 0.5) is 0 Å². The zero-order valence-electron chi connectivity index (χ0n) is 23.5. The van der Waals surface area contributed by atoms with E-state index in [1.54, 1.807) is 7.11 Å². The van der Waals surface area contributed by atoms with Gasteiger partial charge in [-0.05, 0) is 60.1 Å². The Kier molecular flexibility index (Phi) is 9.07. The van der Waals surface area contributed by atoms with E-state index in [0.29, 0.717) is 30.4 Å². The molecule has 0 spiro atoms. The molecule has 1 unspecified atom stereocenters. The van der Waals surface area contributed by atoms with Crippen LogP contribution < -0.4 is 14.2 Å². The molecule has 2 heterocycles. The highest BCUT2D eigenvalue weighted by molar-refractivity contribution is 6.01. The maximum atomic E-state index is 11.9. The van der Waals surface area contributed by atoms with Gasteiger partial charge in [-0.1, -0.05) is 44.4 Å². The minimum atomic E-state index is -0.120. The van der Waals surface area contributed by atoms with E-state index in [2.05, 4.69) is 42.2 Å². The zero-order chi connectivity index (χ0) is 27.2. The zero-order valence-corrected chi connectivity index (χ0v) is 23.5. The predicted molar refractivity (Wildman–Crippen MR) is 150 cm³/mol. The molecule has 1 aliphatic carbocycles. The summed E-state index contributed by atoms with van der Waals surface area (Å²) in [7, 11) is 1.65. The fraction of sp³-hybridized carbons (Fsp3) is 0.562. The number of likely N-dealkylation sites (tertiary alicyclic amines) is 1. The maximum absolute atomic E-state index is 11.9. The van der Waals surface area contributed by atoms with Crippen LogP contribution in [0.15, 0.2) is 36.4 Å². The summed E-state index contributed by atoms with van der Waals surface area (Å²) in [5.41, 5.74) is 3.88. The third-order valence-corrected chi connectivity index (χ3v) is 8.48. The lowest BCUT2D eigenvalue weighted by Crippen LogP contribution is -2.34. The molecule has 5 rings (SSSR count). The number of methoxy groups -OCH3 is 1. The van der Waals surface area contributed by atoms with Crippen molar-refractivity contribution in [2.24, 2.45) is 5.92 Å². The van der Waals surface area contributed by atoms with Gasteiger partial charge in [0.25, 0.3) is 0 Å². The molecule has 1 saturated carbocycles. The van der Waals surface area contributed by atoms with Gasteiger partial charge in [-0.25, -0.2) is 0 Å². The smallest absolute Gasteiger partial charge is 0.229 e. The Morgan fingerprint density at radius 2 is 1.79 bits per heavy atom. The van der Waals surface area contributed by atoms with Gasteiger partial charge in [0, 0.05) is 38.4 Å². The Bertz CT molecular complexity index is 1140. The molecule has 2 aromatic rings. The van der Waals surface area contributed by atoms with Gasteiger partial charge in [0.2, 0.25) is 11.8 Å². The largest absolute Gasteiger partial charge is 0.493 e. The molecule has 39 heavy (non-hydrogen) atoms. The average molecular weight is 535 g/mol. The van der Waals surface area contributed by atoms with Crippen LogP contribution in [0.25, 0.3) is 0 Å². The lowest BCUT2D eigenvalue weighted by atomic mass is 9.88. The molecule has 0 aromatic heterocycles. The second-order valence-corrected chi connectivity index (χ2v) is 11.1. The Morgan fingerprint density at radius 3 is 2.54 bits per heavy atom. The van der Waals surface area contributed by atoms with Crippen molar-refractivity contribution in [1.29, 1.82) is 0 Å². The fourth-order valence-corrected chi connectivity index (χ4v) is 6.41. The summed E-state index contributed by atoms with van der Waals surface area (Å²) in [4.78, 5) is 27.7. The van der Waals surface area contributed by atoms with Crippen molar-refractivity contribution in [2.45, 2.75) is 77.3 Å². The Hall–Kier alpha value is -3.06. The third-order valence-electron chi connectivity index (χ3n) is 8.48. The Balaban J connectivity index is 1.31. The number of benzene rings is 2. The molecular weight excluding hydrogens is 492 g/mol. The topological polar surface area (TPSA) is 68.3 Å². The molecule has 0 N–H and O–H groups in total. The second kappa shape index (κ2) is 12.9. The van der Waals surface area contributed by atoms with Crippen molar-refractivity contribution in [3.63, 3.8) is 0 Å². The van der Waals surface area contributed by atoms with Crippen molar-refractivity contribution in [1.82, 2.24) is 9.80 Å². The second-order valence-electron chi connectivity index (χ2n) is 11.1. The number of amides is 2. The van der Waals surface area contributed by atoms with Crippen molar-refractivity contribution in [3.8, 4) is 17.2 Å². The number of ether oxygens (including phenoxy) is 3.